The van der Waals surface area contributed by atoms with Crippen LogP contribution < -0.4 is 14.8 Å². The molecule has 0 spiro atoms. The van der Waals surface area contributed by atoms with Gasteiger partial charge in [-0.05, 0) is 48.9 Å². The SMILES string of the molecule is CCOc1cc(CNCc2ccccn2)c(Br)cc1OCc1ccc(F)cc1Cl. The molecule has 1 aromatic heterocycles. The third kappa shape index (κ3) is 6.16. The first kappa shape index (κ1) is 21.6. The van der Waals surface area contributed by atoms with E-state index >= 15 is 0 Å². The molecule has 4 nitrogen and oxygen atoms in total. The highest BCUT2D eigenvalue weighted by Crippen LogP contribution is 2.35. The summed E-state index contributed by atoms with van der Waals surface area (Å²) in [7, 11) is 0. The maximum absolute atomic E-state index is 13.2. The number of halogens is 3. The Morgan fingerprint density at radius 1 is 1.03 bits per heavy atom. The molecule has 2 aromatic carbocycles. The second-order valence-corrected chi connectivity index (χ2v) is 7.53. The van der Waals surface area contributed by atoms with Crippen LogP contribution >= 0.6 is 27.5 Å². The van der Waals surface area contributed by atoms with Crippen LogP contribution in [0, 0.1) is 5.82 Å². The molecule has 0 aliphatic heterocycles. The molecule has 7 heteroatoms. The second-order valence-electron chi connectivity index (χ2n) is 6.27. The van der Waals surface area contributed by atoms with E-state index in [1.807, 2.05) is 37.3 Å². The topological polar surface area (TPSA) is 43.4 Å². The summed E-state index contributed by atoms with van der Waals surface area (Å²) in [6.45, 7) is 3.94. The van der Waals surface area contributed by atoms with Crippen LogP contribution in [-0.2, 0) is 19.7 Å². The van der Waals surface area contributed by atoms with Crippen molar-refractivity contribution in [2.24, 2.45) is 0 Å². The summed E-state index contributed by atoms with van der Waals surface area (Å²) >= 11 is 9.69. The first-order valence-corrected chi connectivity index (χ1v) is 10.4. The Labute approximate surface area is 183 Å². The van der Waals surface area contributed by atoms with Gasteiger partial charge in [-0.15, -0.1) is 0 Å². The van der Waals surface area contributed by atoms with Gasteiger partial charge < -0.3 is 14.8 Å². The van der Waals surface area contributed by atoms with Crippen molar-refractivity contribution in [2.45, 2.75) is 26.6 Å². The van der Waals surface area contributed by atoms with Crippen molar-refractivity contribution < 1.29 is 13.9 Å². The lowest BCUT2D eigenvalue weighted by molar-refractivity contribution is 0.268. The lowest BCUT2D eigenvalue weighted by Gasteiger charge is -2.16. The standard InChI is InChI=1S/C22H21BrClFN2O2/c1-2-28-21-9-16(12-26-13-18-5-3-4-8-27-18)19(23)11-22(21)29-14-15-6-7-17(25)10-20(15)24/h3-11,26H,2,12-14H2,1H3. The van der Waals surface area contributed by atoms with E-state index in [1.54, 1.807) is 12.3 Å². The fourth-order valence-electron chi connectivity index (χ4n) is 2.72. The van der Waals surface area contributed by atoms with Crippen molar-refractivity contribution in [1.82, 2.24) is 10.3 Å². The van der Waals surface area contributed by atoms with Gasteiger partial charge in [-0.1, -0.05) is 39.7 Å². The molecule has 0 bridgehead atoms. The predicted molar refractivity (Wildman–Crippen MR) is 116 cm³/mol. The highest BCUT2D eigenvalue weighted by atomic mass is 79.9. The van der Waals surface area contributed by atoms with Crippen LogP contribution in [0.2, 0.25) is 5.02 Å². The Balaban J connectivity index is 1.69. The fourth-order valence-corrected chi connectivity index (χ4v) is 3.40. The molecule has 1 N–H and O–H groups in total. The number of ether oxygens (including phenoxy) is 2. The molecule has 3 aromatic rings. The third-order valence-corrected chi connectivity index (χ3v) is 5.25. The molecule has 1 heterocycles. The average Bonchev–Trinajstić information content (AvgIpc) is 2.71. The van der Waals surface area contributed by atoms with Crippen LogP contribution in [0.3, 0.4) is 0 Å². The zero-order chi connectivity index (χ0) is 20.6. The zero-order valence-electron chi connectivity index (χ0n) is 15.9. The molecular weight excluding hydrogens is 459 g/mol. The number of nitrogens with zero attached hydrogens (tertiary/aromatic N) is 1. The maximum Gasteiger partial charge on any atom is 0.162 e. The molecule has 0 amide bonds. The van der Waals surface area contributed by atoms with E-state index < -0.39 is 0 Å². The van der Waals surface area contributed by atoms with Crippen molar-refractivity contribution in [1.29, 1.82) is 0 Å². The van der Waals surface area contributed by atoms with Crippen molar-refractivity contribution >= 4 is 27.5 Å². The minimum atomic E-state index is -0.376. The lowest BCUT2D eigenvalue weighted by Crippen LogP contribution is -2.14. The van der Waals surface area contributed by atoms with Gasteiger partial charge in [-0.2, -0.15) is 0 Å². The average molecular weight is 480 g/mol. The highest BCUT2D eigenvalue weighted by molar-refractivity contribution is 9.10. The molecule has 0 fully saturated rings. The first-order chi connectivity index (χ1) is 14.1. The molecule has 0 atom stereocenters. The molecular formula is C22H21BrClFN2O2. The van der Waals surface area contributed by atoms with Crippen LogP contribution in [0.4, 0.5) is 4.39 Å². The van der Waals surface area contributed by atoms with Crippen LogP contribution in [0.15, 0.2) is 59.2 Å². The predicted octanol–water partition coefficient (Wildman–Crippen LogP) is 5.90. The fraction of sp³-hybridized carbons (Fsp3) is 0.227. The number of aromatic nitrogens is 1. The molecule has 0 saturated carbocycles. The number of rotatable bonds is 9. The van der Waals surface area contributed by atoms with Crippen molar-refractivity contribution in [3.05, 3.63) is 86.9 Å². The molecule has 0 aliphatic rings. The molecule has 0 radical (unpaired) electrons. The summed E-state index contributed by atoms with van der Waals surface area (Å²) in [6, 6.07) is 13.9. The van der Waals surface area contributed by atoms with Crippen molar-refractivity contribution in [3.8, 4) is 11.5 Å². The van der Waals surface area contributed by atoms with Crippen LogP contribution in [0.5, 0.6) is 11.5 Å². The second kappa shape index (κ2) is 10.6. The quantitative estimate of drug-likeness (QED) is 0.415. The Bertz CT molecular complexity index is 957. The summed E-state index contributed by atoms with van der Waals surface area (Å²) in [5.41, 5.74) is 2.72. The summed E-state index contributed by atoms with van der Waals surface area (Å²) < 4.78 is 25.8. The van der Waals surface area contributed by atoms with Crippen LogP contribution in [0.25, 0.3) is 0 Å². The third-order valence-electron chi connectivity index (χ3n) is 4.16. The summed E-state index contributed by atoms with van der Waals surface area (Å²) in [6.07, 6.45) is 1.78. The monoisotopic (exact) mass is 478 g/mol. The molecule has 3 rings (SSSR count). The van der Waals surface area contributed by atoms with Gasteiger partial charge in [0.1, 0.15) is 12.4 Å². The summed E-state index contributed by atoms with van der Waals surface area (Å²) in [4.78, 5) is 4.31. The Morgan fingerprint density at radius 3 is 2.59 bits per heavy atom. The number of nitrogens with one attached hydrogen (secondary N) is 1. The smallest absolute Gasteiger partial charge is 0.162 e. The maximum atomic E-state index is 13.2. The van der Waals surface area contributed by atoms with E-state index in [0.29, 0.717) is 41.8 Å². The Hall–Kier alpha value is -2.15. The van der Waals surface area contributed by atoms with Gasteiger partial charge in [0, 0.05) is 29.3 Å². The van der Waals surface area contributed by atoms with Gasteiger partial charge in [0.15, 0.2) is 11.5 Å². The van der Waals surface area contributed by atoms with E-state index in [0.717, 1.165) is 15.7 Å². The van der Waals surface area contributed by atoms with E-state index in [2.05, 4.69) is 26.2 Å². The van der Waals surface area contributed by atoms with E-state index in [1.165, 1.54) is 12.1 Å². The molecule has 0 saturated heterocycles. The van der Waals surface area contributed by atoms with Gasteiger partial charge in [0.2, 0.25) is 0 Å². The number of benzene rings is 2. The molecule has 152 valence electrons. The van der Waals surface area contributed by atoms with Crippen molar-refractivity contribution in [2.75, 3.05) is 6.61 Å². The number of pyridine rings is 1. The van der Waals surface area contributed by atoms with Gasteiger partial charge in [-0.25, -0.2) is 4.39 Å². The van der Waals surface area contributed by atoms with Crippen molar-refractivity contribution in [3.63, 3.8) is 0 Å². The normalized spacial score (nSPS) is 10.8. The van der Waals surface area contributed by atoms with E-state index in [9.17, 15) is 4.39 Å². The van der Waals surface area contributed by atoms with Crippen LogP contribution in [0.1, 0.15) is 23.7 Å². The van der Waals surface area contributed by atoms with E-state index in [4.69, 9.17) is 21.1 Å². The summed E-state index contributed by atoms with van der Waals surface area (Å²) in [5.74, 6) is 0.857. The zero-order valence-corrected chi connectivity index (χ0v) is 18.3. The Kier molecular flexibility index (Phi) is 7.86. The van der Waals surface area contributed by atoms with Gasteiger partial charge in [0.05, 0.1) is 17.3 Å². The largest absolute Gasteiger partial charge is 0.490 e. The van der Waals surface area contributed by atoms with Gasteiger partial charge in [-0.3, -0.25) is 4.98 Å². The molecule has 0 aliphatic carbocycles. The summed E-state index contributed by atoms with van der Waals surface area (Å²) in [5, 5.41) is 3.71. The highest BCUT2D eigenvalue weighted by Gasteiger charge is 2.12. The number of hydrogen-bond donors (Lipinski definition) is 1. The Morgan fingerprint density at radius 2 is 1.86 bits per heavy atom. The van der Waals surface area contributed by atoms with Gasteiger partial charge in [0.25, 0.3) is 0 Å². The van der Waals surface area contributed by atoms with Crippen LogP contribution in [-0.4, -0.2) is 11.6 Å². The lowest BCUT2D eigenvalue weighted by atomic mass is 10.2. The minimum Gasteiger partial charge on any atom is -0.490 e. The van der Waals surface area contributed by atoms with E-state index in [-0.39, 0.29) is 12.4 Å². The van der Waals surface area contributed by atoms with Gasteiger partial charge >= 0.3 is 0 Å². The minimum absolute atomic E-state index is 0.211. The first-order valence-electron chi connectivity index (χ1n) is 9.19. The number of hydrogen-bond acceptors (Lipinski definition) is 4. The molecule has 0 unspecified atom stereocenters. The molecule has 29 heavy (non-hydrogen) atoms.